The maximum absolute atomic E-state index is 12.8. The van der Waals surface area contributed by atoms with E-state index in [1.54, 1.807) is 7.05 Å². The molecule has 2 fully saturated rings. The molecule has 1 aromatic rings. The summed E-state index contributed by atoms with van der Waals surface area (Å²) in [6.07, 6.45) is 3.57. The molecule has 2 heterocycles. The van der Waals surface area contributed by atoms with Crippen LogP contribution in [0.5, 0.6) is 0 Å². The number of nitrogens with one attached hydrogen (secondary N) is 2. The fourth-order valence-electron chi connectivity index (χ4n) is 4.07. The Labute approximate surface area is 191 Å². The van der Waals surface area contributed by atoms with Crippen LogP contribution < -0.4 is 10.6 Å². The van der Waals surface area contributed by atoms with Crippen molar-refractivity contribution in [2.75, 3.05) is 46.5 Å². The monoisotopic (exact) mass is 446 g/mol. The van der Waals surface area contributed by atoms with Crippen LogP contribution in [0.2, 0.25) is 0 Å². The third kappa shape index (κ3) is 7.76. The molecule has 0 spiro atoms. The summed E-state index contributed by atoms with van der Waals surface area (Å²) < 4.78 is 17.0. The molecule has 3 atom stereocenters. The first kappa shape index (κ1) is 24.5. The van der Waals surface area contributed by atoms with E-state index in [0.717, 1.165) is 43.9 Å². The molecule has 32 heavy (non-hydrogen) atoms. The van der Waals surface area contributed by atoms with E-state index in [1.165, 1.54) is 0 Å². The first-order valence-electron chi connectivity index (χ1n) is 11.7. The van der Waals surface area contributed by atoms with Crippen molar-refractivity contribution in [3.8, 4) is 0 Å². The van der Waals surface area contributed by atoms with Gasteiger partial charge in [0.05, 0.1) is 24.9 Å². The number of rotatable bonds is 9. The average molecular weight is 447 g/mol. The second-order valence-corrected chi connectivity index (χ2v) is 8.58. The summed E-state index contributed by atoms with van der Waals surface area (Å²) in [7, 11) is 1.76. The minimum Gasteiger partial charge on any atom is -0.379 e. The third-order valence-corrected chi connectivity index (χ3v) is 5.68. The van der Waals surface area contributed by atoms with E-state index in [1.807, 2.05) is 43.0 Å². The number of morpholine rings is 1. The lowest BCUT2D eigenvalue weighted by molar-refractivity contribution is -0.0586. The van der Waals surface area contributed by atoms with E-state index in [0.29, 0.717) is 38.4 Å². The number of carbonyl (C=O) groups is 1. The maximum Gasteiger partial charge on any atom is 0.254 e. The number of amides is 1. The number of hydrogen-bond acceptors (Lipinski definition) is 5. The van der Waals surface area contributed by atoms with E-state index in [4.69, 9.17) is 14.2 Å². The normalized spacial score (nSPS) is 23.9. The van der Waals surface area contributed by atoms with Crippen molar-refractivity contribution in [2.24, 2.45) is 4.99 Å². The molecule has 3 rings (SSSR count). The Balaban J connectivity index is 1.34. The quantitative estimate of drug-likeness (QED) is 0.344. The Morgan fingerprint density at radius 2 is 1.94 bits per heavy atom. The highest BCUT2D eigenvalue weighted by molar-refractivity contribution is 5.94. The van der Waals surface area contributed by atoms with Gasteiger partial charge in [-0.15, -0.1) is 0 Å². The van der Waals surface area contributed by atoms with Crippen LogP contribution in [0.25, 0.3) is 0 Å². The molecule has 2 saturated heterocycles. The van der Waals surface area contributed by atoms with E-state index in [9.17, 15) is 4.79 Å². The zero-order valence-electron chi connectivity index (χ0n) is 19.6. The molecule has 0 saturated carbocycles. The number of hydrogen-bond donors (Lipinski definition) is 2. The highest BCUT2D eigenvalue weighted by atomic mass is 16.5. The van der Waals surface area contributed by atoms with E-state index in [2.05, 4.69) is 15.6 Å². The SMILES string of the molecule is CN=C(NCCCOCC1CCCO1)NCc1ccc(C(=O)N2CC(C)OC(C)C2)cc1. The molecular weight excluding hydrogens is 408 g/mol. The summed E-state index contributed by atoms with van der Waals surface area (Å²) in [4.78, 5) is 18.9. The van der Waals surface area contributed by atoms with Crippen LogP contribution in [0.1, 0.15) is 49.0 Å². The first-order valence-corrected chi connectivity index (χ1v) is 11.7. The smallest absolute Gasteiger partial charge is 0.254 e. The molecule has 178 valence electrons. The van der Waals surface area contributed by atoms with Crippen molar-refractivity contribution in [1.82, 2.24) is 15.5 Å². The van der Waals surface area contributed by atoms with Gasteiger partial charge in [0.2, 0.25) is 0 Å². The average Bonchev–Trinajstić information content (AvgIpc) is 3.31. The molecule has 2 aliphatic heterocycles. The number of carbonyl (C=O) groups excluding carboxylic acids is 1. The molecule has 8 nitrogen and oxygen atoms in total. The van der Waals surface area contributed by atoms with Crippen molar-refractivity contribution >= 4 is 11.9 Å². The Morgan fingerprint density at radius 3 is 2.59 bits per heavy atom. The van der Waals surface area contributed by atoms with Gasteiger partial charge < -0.3 is 29.7 Å². The van der Waals surface area contributed by atoms with Crippen molar-refractivity contribution < 1.29 is 19.0 Å². The van der Waals surface area contributed by atoms with E-state index in [-0.39, 0.29) is 24.2 Å². The van der Waals surface area contributed by atoms with Crippen molar-refractivity contribution in [3.63, 3.8) is 0 Å². The van der Waals surface area contributed by atoms with Crippen LogP contribution in [-0.2, 0) is 20.8 Å². The lowest BCUT2D eigenvalue weighted by Crippen LogP contribution is -2.48. The van der Waals surface area contributed by atoms with Crippen LogP contribution in [-0.4, -0.2) is 81.6 Å². The van der Waals surface area contributed by atoms with Gasteiger partial charge in [0.15, 0.2) is 5.96 Å². The van der Waals surface area contributed by atoms with Crippen LogP contribution >= 0.6 is 0 Å². The Hall–Kier alpha value is -2.16. The van der Waals surface area contributed by atoms with Gasteiger partial charge in [0, 0.05) is 52.0 Å². The zero-order valence-corrected chi connectivity index (χ0v) is 19.6. The molecule has 0 radical (unpaired) electrons. The van der Waals surface area contributed by atoms with Gasteiger partial charge >= 0.3 is 0 Å². The molecule has 0 aliphatic carbocycles. The standard InChI is InChI=1S/C24H38N4O4/c1-18-15-28(16-19(2)32-18)23(29)21-9-7-20(8-10-21)14-27-24(25-3)26-11-5-12-30-17-22-6-4-13-31-22/h7-10,18-19,22H,4-6,11-17H2,1-3H3,(H2,25,26,27). The molecule has 0 bridgehead atoms. The molecule has 2 N–H and O–H groups in total. The van der Waals surface area contributed by atoms with Gasteiger partial charge in [0.1, 0.15) is 0 Å². The highest BCUT2D eigenvalue weighted by Crippen LogP contribution is 2.15. The summed E-state index contributed by atoms with van der Waals surface area (Å²) >= 11 is 0. The molecule has 1 aromatic carbocycles. The highest BCUT2D eigenvalue weighted by Gasteiger charge is 2.26. The summed E-state index contributed by atoms with van der Waals surface area (Å²) in [5, 5.41) is 6.62. The van der Waals surface area contributed by atoms with Crippen LogP contribution in [0, 0.1) is 0 Å². The third-order valence-electron chi connectivity index (χ3n) is 5.68. The lowest BCUT2D eigenvalue weighted by atomic mass is 10.1. The van der Waals surface area contributed by atoms with Gasteiger partial charge in [-0.05, 0) is 50.8 Å². The van der Waals surface area contributed by atoms with Crippen LogP contribution in [0.4, 0.5) is 0 Å². The maximum atomic E-state index is 12.8. The molecule has 3 unspecified atom stereocenters. The largest absolute Gasteiger partial charge is 0.379 e. The minimum absolute atomic E-state index is 0.0608. The van der Waals surface area contributed by atoms with Crippen LogP contribution in [0.15, 0.2) is 29.3 Å². The van der Waals surface area contributed by atoms with Crippen molar-refractivity contribution in [1.29, 1.82) is 0 Å². The molecule has 0 aromatic heterocycles. The Morgan fingerprint density at radius 1 is 1.19 bits per heavy atom. The van der Waals surface area contributed by atoms with Gasteiger partial charge in [0.25, 0.3) is 5.91 Å². The van der Waals surface area contributed by atoms with Gasteiger partial charge in [-0.3, -0.25) is 9.79 Å². The van der Waals surface area contributed by atoms with Crippen LogP contribution in [0.3, 0.4) is 0 Å². The van der Waals surface area contributed by atoms with Crippen molar-refractivity contribution in [3.05, 3.63) is 35.4 Å². The summed E-state index contributed by atoms with van der Waals surface area (Å²) in [6, 6.07) is 7.76. The predicted molar refractivity (Wildman–Crippen MR) is 125 cm³/mol. The fourth-order valence-corrected chi connectivity index (χ4v) is 4.07. The van der Waals surface area contributed by atoms with Crippen molar-refractivity contribution in [2.45, 2.75) is 58.0 Å². The predicted octanol–water partition coefficient (Wildman–Crippen LogP) is 2.19. The number of ether oxygens (including phenoxy) is 3. The Bertz CT molecular complexity index is 724. The van der Waals surface area contributed by atoms with Gasteiger partial charge in [-0.1, -0.05) is 12.1 Å². The second kappa shape index (κ2) is 12.8. The second-order valence-electron chi connectivity index (χ2n) is 8.58. The summed E-state index contributed by atoms with van der Waals surface area (Å²) in [5.74, 6) is 0.811. The fraction of sp³-hybridized carbons (Fsp3) is 0.667. The lowest BCUT2D eigenvalue weighted by Gasteiger charge is -2.35. The topological polar surface area (TPSA) is 84.4 Å². The van der Waals surface area contributed by atoms with Gasteiger partial charge in [-0.2, -0.15) is 0 Å². The number of nitrogens with zero attached hydrogens (tertiary/aromatic N) is 2. The molecule has 2 aliphatic rings. The molecular formula is C24H38N4O4. The molecule has 8 heteroatoms. The first-order chi connectivity index (χ1) is 15.5. The Kier molecular flexibility index (Phi) is 9.77. The number of guanidine groups is 1. The number of aliphatic imine (C=N–C) groups is 1. The minimum atomic E-state index is 0.0608. The number of benzene rings is 1. The van der Waals surface area contributed by atoms with E-state index < -0.39 is 0 Å². The molecule has 1 amide bonds. The van der Waals surface area contributed by atoms with E-state index >= 15 is 0 Å². The van der Waals surface area contributed by atoms with Gasteiger partial charge in [-0.25, -0.2) is 0 Å². The summed E-state index contributed by atoms with van der Waals surface area (Å²) in [5.41, 5.74) is 1.80. The summed E-state index contributed by atoms with van der Waals surface area (Å²) in [6.45, 7) is 8.96. The zero-order chi connectivity index (χ0) is 22.8.